The van der Waals surface area contributed by atoms with E-state index >= 15 is 0 Å². The maximum absolute atomic E-state index is 13.6. The number of nitrogens with zero attached hydrogens (tertiary/aromatic N) is 2. The molecule has 0 atom stereocenters. The lowest BCUT2D eigenvalue weighted by atomic mass is 10.3. The lowest BCUT2D eigenvalue weighted by Gasteiger charge is -2.06. The van der Waals surface area contributed by atoms with Crippen LogP contribution < -0.4 is 5.32 Å². The molecule has 0 aliphatic rings. The van der Waals surface area contributed by atoms with Gasteiger partial charge >= 0.3 is 5.97 Å². The summed E-state index contributed by atoms with van der Waals surface area (Å²) in [7, 11) is 0. The van der Waals surface area contributed by atoms with Crippen LogP contribution in [0.4, 0.5) is 10.1 Å². The lowest BCUT2D eigenvalue weighted by Crippen LogP contribution is -2.21. The van der Waals surface area contributed by atoms with E-state index in [1.54, 1.807) is 22.9 Å². The standard InChI is InChI=1S/C21H15ClFN3O3S/c1-12-13-10-18(30-20(13)26(25-12)17-9-5-2-6-14(17)22)21(28)29-11-19(27)24-16-8-4-3-7-15(16)23/h2-10H,11H2,1H3,(H,24,27). The summed E-state index contributed by atoms with van der Waals surface area (Å²) in [4.78, 5) is 25.5. The second-order valence-corrected chi connectivity index (χ2v) is 7.82. The van der Waals surface area contributed by atoms with Crippen LogP contribution in [0.1, 0.15) is 15.4 Å². The number of rotatable bonds is 5. The highest BCUT2D eigenvalue weighted by Gasteiger charge is 2.20. The van der Waals surface area contributed by atoms with Crippen molar-refractivity contribution in [1.29, 1.82) is 0 Å². The largest absolute Gasteiger partial charge is 0.451 e. The zero-order chi connectivity index (χ0) is 21.3. The Bertz CT molecular complexity index is 1270. The number of ether oxygens (including phenoxy) is 1. The van der Waals surface area contributed by atoms with Crippen LogP contribution >= 0.6 is 22.9 Å². The first-order valence-corrected chi connectivity index (χ1v) is 10.1. The maximum atomic E-state index is 13.6. The lowest BCUT2D eigenvalue weighted by molar-refractivity contribution is -0.119. The first-order valence-electron chi connectivity index (χ1n) is 8.89. The molecular formula is C21H15ClFN3O3S. The minimum Gasteiger partial charge on any atom is -0.451 e. The van der Waals surface area contributed by atoms with Gasteiger partial charge in [0.05, 0.1) is 22.1 Å². The molecule has 4 rings (SSSR count). The number of nitrogens with one attached hydrogen (secondary N) is 1. The molecule has 2 aromatic carbocycles. The molecule has 1 amide bonds. The first kappa shape index (κ1) is 20.1. The summed E-state index contributed by atoms with van der Waals surface area (Å²) in [6, 6.07) is 14.7. The van der Waals surface area contributed by atoms with Crippen LogP contribution in [0.3, 0.4) is 0 Å². The Morgan fingerprint density at radius 1 is 1.20 bits per heavy atom. The number of hydrogen-bond acceptors (Lipinski definition) is 5. The monoisotopic (exact) mass is 443 g/mol. The Hall–Kier alpha value is -3.23. The molecule has 0 radical (unpaired) electrons. The second kappa shape index (κ2) is 8.25. The van der Waals surface area contributed by atoms with E-state index in [1.807, 2.05) is 25.1 Å². The molecule has 30 heavy (non-hydrogen) atoms. The molecule has 0 unspecified atom stereocenters. The van der Waals surface area contributed by atoms with Crippen LogP contribution in [0.15, 0.2) is 54.6 Å². The van der Waals surface area contributed by atoms with Gasteiger partial charge in [0.2, 0.25) is 0 Å². The Labute approximate surface area is 179 Å². The summed E-state index contributed by atoms with van der Waals surface area (Å²) >= 11 is 7.47. The number of carbonyl (C=O) groups is 2. The number of anilines is 1. The van der Waals surface area contributed by atoms with Crippen molar-refractivity contribution < 1.29 is 18.7 Å². The SMILES string of the molecule is Cc1nn(-c2ccccc2Cl)c2sc(C(=O)OCC(=O)Nc3ccccc3F)cc12. The van der Waals surface area contributed by atoms with Crippen LogP contribution in [-0.2, 0) is 9.53 Å². The highest BCUT2D eigenvalue weighted by Crippen LogP contribution is 2.32. The topological polar surface area (TPSA) is 73.2 Å². The molecule has 6 nitrogen and oxygen atoms in total. The molecule has 2 heterocycles. The fourth-order valence-electron chi connectivity index (χ4n) is 2.89. The minimum absolute atomic E-state index is 0.0240. The molecule has 0 aliphatic carbocycles. The van der Waals surface area contributed by atoms with Crippen molar-refractivity contribution in [1.82, 2.24) is 9.78 Å². The van der Waals surface area contributed by atoms with E-state index in [0.717, 1.165) is 15.9 Å². The number of thiophene rings is 1. The van der Waals surface area contributed by atoms with Crippen LogP contribution in [-0.4, -0.2) is 28.3 Å². The van der Waals surface area contributed by atoms with Crippen LogP contribution in [0.5, 0.6) is 0 Å². The molecule has 0 bridgehead atoms. The third-order valence-electron chi connectivity index (χ3n) is 4.31. The van der Waals surface area contributed by atoms with Gasteiger partial charge in [0.1, 0.15) is 15.5 Å². The Balaban J connectivity index is 1.50. The number of aryl methyl sites for hydroxylation is 1. The van der Waals surface area contributed by atoms with Crippen molar-refractivity contribution in [3.63, 3.8) is 0 Å². The number of hydrogen-bond donors (Lipinski definition) is 1. The van der Waals surface area contributed by atoms with Crippen molar-refractivity contribution >= 4 is 50.7 Å². The van der Waals surface area contributed by atoms with Crippen LogP contribution in [0.25, 0.3) is 15.9 Å². The third-order valence-corrected chi connectivity index (χ3v) is 5.72. The third kappa shape index (κ3) is 3.92. The second-order valence-electron chi connectivity index (χ2n) is 6.38. The Kier molecular flexibility index (Phi) is 5.52. The van der Waals surface area contributed by atoms with Crippen molar-refractivity contribution in [3.8, 4) is 5.69 Å². The maximum Gasteiger partial charge on any atom is 0.348 e. The van der Waals surface area contributed by atoms with E-state index in [-0.39, 0.29) is 5.69 Å². The highest BCUT2D eigenvalue weighted by atomic mass is 35.5. The molecule has 2 aromatic heterocycles. The zero-order valence-electron chi connectivity index (χ0n) is 15.7. The normalized spacial score (nSPS) is 10.9. The number of amides is 1. The van der Waals surface area contributed by atoms with Gasteiger partial charge in [0, 0.05) is 5.39 Å². The number of benzene rings is 2. The van der Waals surface area contributed by atoms with E-state index in [0.29, 0.717) is 15.6 Å². The highest BCUT2D eigenvalue weighted by molar-refractivity contribution is 7.20. The van der Waals surface area contributed by atoms with Gasteiger partial charge < -0.3 is 10.1 Å². The number of fused-ring (bicyclic) bond motifs is 1. The number of aromatic nitrogens is 2. The van der Waals surface area contributed by atoms with E-state index in [2.05, 4.69) is 10.4 Å². The van der Waals surface area contributed by atoms with Crippen LogP contribution in [0, 0.1) is 12.7 Å². The van der Waals surface area contributed by atoms with Gasteiger partial charge in [-0.3, -0.25) is 4.79 Å². The molecule has 0 saturated heterocycles. The van der Waals surface area contributed by atoms with E-state index in [4.69, 9.17) is 16.3 Å². The molecular weight excluding hydrogens is 429 g/mol. The Morgan fingerprint density at radius 3 is 2.70 bits per heavy atom. The van der Waals surface area contributed by atoms with Crippen molar-refractivity contribution in [2.24, 2.45) is 0 Å². The van der Waals surface area contributed by atoms with E-state index < -0.39 is 24.3 Å². The number of carbonyl (C=O) groups excluding carboxylic acids is 2. The van der Waals surface area contributed by atoms with E-state index in [1.165, 1.54) is 29.5 Å². The first-order chi connectivity index (χ1) is 14.4. The fourth-order valence-corrected chi connectivity index (χ4v) is 4.17. The quantitative estimate of drug-likeness (QED) is 0.441. The van der Waals surface area contributed by atoms with E-state index in [9.17, 15) is 14.0 Å². The minimum atomic E-state index is -0.648. The molecule has 0 fully saturated rings. The average molecular weight is 444 g/mol. The van der Waals surface area contributed by atoms with Crippen molar-refractivity contribution in [2.45, 2.75) is 6.92 Å². The predicted octanol–water partition coefficient (Wildman–Crippen LogP) is 4.98. The molecule has 0 aliphatic heterocycles. The number of halogens is 2. The van der Waals surface area contributed by atoms with Gasteiger partial charge in [-0.15, -0.1) is 11.3 Å². The predicted molar refractivity (Wildman–Crippen MR) is 114 cm³/mol. The van der Waals surface area contributed by atoms with Gasteiger partial charge in [-0.05, 0) is 37.3 Å². The fraction of sp³-hybridized carbons (Fsp3) is 0.0952. The molecule has 0 spiro atoms. The van der Waals surface area contributed by atoms with Crippen molar-refractivity contribution in [2.75, 3.05) is 11.9 Å². The molecule has 0 saturated carbocycles. The molecule has 9 heteroatoms. The van der Waals surface area contributed by atoms with Crippen LogP contribution in [0.2, 0.25) is 5.02 Å². The summed E-state index contributed by atoms with van der Waals surface area (Å²) in [5.74, 6) is -1.85. The van der Waals surface area contributed by atoms with Gasteiger partial charge in [-0.2, -0.15) is 5.10 Å². The van der Waals surface area contributed by atoms with Gasteiger partial charge in [-0.1, -0.05) is 35.9 Å². The number of para-hydroxylation sites is 2. The van der Waals surface area contributed by atoms with Gasteiger partial charge in [0.25, 0.3) is 5.91 Å². The Morgan fingerprint density at radius 2 is 1.93 bits per heavy atom. The summed E-state index contributed by atoms with van der Waals surface area (Å²) in [5.41, 5.74) is 1.46. The van der Waals surface area contributed by atoms with Gasteiger partial charge in [-0.25, -0.2) is 13.9 Å². The zero-order valence-corrected chi connectivity index (χ0v) is 17.3. The summed E-state index contributed by atoms with van der Waals surface area (Å²) in [6.45, 7) is 1.30. The summed E-state index contributed by atoms with van der Waals surface area (Å²) in [6.07, 6.45) is 0. The summed E-state index contributed by atoms with van der Waals surface area (Å²) in [5, 5.41) is 8.20. The number of esters is 1. The van der Waals surface area contributed by atoms with Gasteiger partial charge in [0.15, 0.2) is 6.61 Å². The molecule has 152 valence electrons. The smallest absolute Gasteiger partial charge is 0.348 e. The van der Waals surface area contributed by atoms with Crippen molar-refractivity contribution in [3.05, 3.63) is 76.0 Å². The molecule has 4 aromatic rings. The molecule has 1 N–H and O–H groups in total. The summed E-state index contributed by atoms with van der Waals surface area (Å²) < 4.78 is 20.4. The average Bonchev–Trinajstić information content (AvgIpc) is 3.29.